The van der Waals surface area contributed by atoms with Crippen molar-refractivity contribution in [2.45, 2.75) is 26.4 Å². The van der Waals surface area contributed by atoms with E-state index in [9.17, 15) is 0 Å². The van der Waals surface area contributed by atoms with Crippen molar-refractivity contribution in [2.24, 2.45) is 0 Å². The number of rotatable bonds is 5. The Morgan fingerprint density at radius 2 is 1.86 bits per heavy atom. The molecule has 0 aliphatic carbocycles. The largest absolute Gasteiger partial charge is 0.345 e. The second-order valence-corrected chi connectivity index (χ2v) is 7.16. The summed E-state index contributed by atoms with van der Waals surface area (Å²) in [6.45, 7) is 9.25. The van der Waals surface area contributed by atoms with Crippen LogP contribution in [0.2, 0.25) is 0 Å². The van der Waals surface area contributed by atoms with Gasteiger partial charge in [0.05, 0.1) is 5.69 Å². The molecule has 0 atom stereocenters. The zero-order chi connectivity index (χ0) is 14.7. The van der Waals surface area contributed by atoms with Gasteiger partial charge in [-0.25, -0.2) is 9.97 Å². The van der Waals surface area contributed by atoms with E-state index in [0.717, 1.165) is 48.7 Å². The minimum absolute atomic E-state index is 0.497. The zero-order valence-electron chi connectivity index (χ0n) is 12.5. The van der Waals surface area contributed by atoms with Crippen LogP contribution in [0.25, 0.3) is 0 Å². The Morgan fingerprint density at radius 3 is 2.48 bits per heavy atom. The number of nitrogens with zero attached hydrogens (tertiary/aromatic N) is 4. The molecule has 1 aliphatic rings. The van der Waals surface area contributed by atoms with Crippen LogP contribution in [0.5, 0.6) is 0 Å². The van der Waals surface area contributed by atoms with Gasteiger partial charge in [-0.3, -0.25) is 0 Å². The van der Waals surface area contributed by atoms with E-state index in [4.69, 9.17) is 4.98 Å². The lowest BCUT2D eigenvalue weighted by Gasteiger charge is -2.34. The smallest absolute Gasteiger partial charge is 0.185 e. The normalized spacial score (nSPS) is 16.0. The summed E-state index contributed by atoms with van der Waals surface area (Å²) in [4.78, 5) is 13.9. The highest BCUT2D eigenvalue weighted by molar-refractivity contribution is 7.14. The van der Waals surface area contributed by atoms with Crippen molar-refractivity contribution in [1.82, 2.24) is 15.3 Å². The molecule has 0 aromatic carbocycles. The second-order valence-electron chi connectivity index (χ2n) is 5.45. The van der Waals surface area contributed by atoms with Gasteiger partial charge in [0.25, 0.3) is 0 Å². The standard InChI is InChI=1S/C14H21N5S2/c1-11(2)16-9-12-10-21-14(17-12)19-6-4-18(5-7-19)13-15-3-8-20-13/h3,8,10-11,16H,4-7,9H2,1-2H3. The van der Waals surface area contributed by atoms with E-state index in [1.165, 1.54) is 0 Å². The van der Waals surface area contributed by atoms with E-state index < -0.39 is 0 Å². The van der Waals surface area contributed by atoms with E-state index in [1.807, 2.05) is 11.6 Å². The third kappa shape index (κ3) is 3.72. The number of nitrogens with one attached hydrogen (secondary N) is 1. The van der Waals surface area contributed by atoms with Gasteiger partial charge in [-0.1, -0.05) is 13.8 Å². The van der Waals surface area contributed by atoms with Gasteiger partial charge in [0.15, 0.2) is 10.3 Å². The molecule has 7 heteroatoms. The minimum Gasteiger partial charge on any atom is -0.345 e. The molecular formula is C14H21N5S2. The predicted molar refractivity (Wildman–Crippen MR) is 90.6 cm³/mol. The molecule has 2 aromatic rings. The Labute approximate surface area is 133 Å². The molecule has 0 bridgehead atoms. The minimum atomic E-state index is 0.497. The average Bonchev–Trinajstić information content (AvgIpc) is 3.17. The highest BCUT2D eigenvalue weighted by Crippen LogP contribution is 2.24. The van der Waals surface area contributed by atoms with Crippen LogP contribution in [-0.2, 0) is 6.54 Å². The molecular weight excluding hydrogens is 302 g/mol. The number of hydrogen-bond donors (Lipinski definition) is 1. The third-order valence-electron chi connectivity index (χ3n) is 3.47. The van der Waals surface area contributed by atoms with E-state index >= 15 is 0 Å². The van der Waals surface area contributed by atoms with Crippen molar-refractivity contribution in [1.29, 1.82) is 0 Å². The summed E-state index contributed by atoms with van der Waals surface area (Å²) in [5.74, 6) is 0. The lowest BCUT2D eigenvalue weighted by atomic mass is 10.3. The summed E-state index contributed by atoms with van der Waals surface area (Å²) in [5, 5.41) is 9.90. The number of aromatic nitrogens is 2. The molecule has 2 aromatic heterocycles. The maximum atomic E-state index is 4.74. The monoisotopic (exact) mass is 323 g/mol. The second kappa shape index (κ2) is 6.72. The van der Waals surface area contributed by atoms with E-state index in [2.05, 4.69) is 39.3 Å². The van der Waals surface area contributed by atoms with E-state index in [-0.39, 0.29) is 0 Å². The van der Waals surface area contributed by atoms with Crippen molar-refractivity contribution >= 4 is 32.9 Å². The fourth-order valence-corrected chi connectivity index (χ4v) is 3.87. The summed E-state index contributed by atoms with van der Waals surface area (Å²) in [7, 11) is 0. The van der Waals surface area contributed by atoms with E-state index in [1.54, 1.807) is 22.7 Å². The maximum Gasteiger partial charge on any atom is 0.185 e. The summed E-state index contributed by atoms with van der Waals surface area (Å²) in [6.07, 6.45) is 1.88. The molecule has 1 saturated heterocycles. The molecule has 21 heavy (non-hydrogen) atoms. The van der Waals surface area contributed by atoms with Gasteiger partial charge in [0.1, 0.15) is 0 Å². The van der Waals surface area contributed by atoms with Gasteiger partial charge in [0.2, 0.25) is 0 Å². The molecule has 0 saturated carbocycles. The summed E-state index contributed by atoms with van der Waals surface area (Å²) < 4.78 is 0. The summed E-state index contributed by atoms with van der Waals surface area (Å²) in [6, 6.07) is 0.497. The fourth-order valence-electron chi connectivity index (χ4n) is 2.29. The Morgan fingerprint density at radius 1 is 1.14 bits per heavy atom. The van der Waals surface area contributed by atoms with Crippen LogP contribution in [0.1, 0.15) is 19.5 Å². The predicted octanol–water partition coefficient (Wildman–Crippen LogP) is 2.42. The molecule has 1 fully saturated rings. The average molecular weight is 323 g/mol. The quantitative estimate of drug-likeness (QED) is 0.915. The Hall–Kier alpha value is -1.18. The fraction of sp³-hybridized carbons (Fsp3) is 0.571. The van der Waals surface area contributed by atoms with Crippen LogP contribution < -0.4 is 15.1 Å². The number of thiazole rings is 2. The van der Waals surface area contributed by atoms with Crippen LogP contribution in [0.3, 0.4) is 0 Å². The van der Waals surface area contributed by atoms with Crippen molar-refractivity contribution in [2.75, 3.05) is 36.0 Å². The van der Waals surface area contributed by atoms with Crippen LogP contribution in [0.4, 0.5) is 10.3 Å². The summed E-state index contributed by atoms with van der Waals surface area (Å²) >= 11 is 3.46. The lowest BCUT2D eigenvalue weighted by Crippen LogP contribution is -2.46. The first-order valence-corrected chi connectivity index (χ1v) is 9.05. The molecule has 0 radical (unpaired) electrons. The van der Waals surface area contributed by atoms with Gasteiger partial charge in [-0.15, -0.1) is 22.7 Å². The van der Waals surface area contributed by atoms with Crippen molar-refractivity contribution in [3.63, 3.8) is 0 Å². The van der Waals surface area contributed by atoms with Crippen molar-refractivity contribution in [3.05, 3.63) is 22.7 Å². The molecule has 1 aliphatic heterocycles. The molecule has 3 rings (SSSR count). The van der Waals surface area contributed by atoms with Gasteiger partial charge in [-0.05, 0) is 0 Å². The topological polar surface area (TPSA) is 44.3 Å². The van der Waals surface area contributed by atoms with Crippen LogP contribution in [-0.4, -0.2) is 42.2 Å². The summed E-state index contributed by atoms with van der Waals surface area (Å²) in [5.41, 5.74) is 1.14. The number of anilines is 2. The highest BCUT2D eigenvalue weighted by Gasteiger charge is 2.20. The first-order chi connectivity index (χ1) is 10.2. The highest BCUT2D eigenvalue weighted by atomic mass is 32.1. The van der Waals surface area contributed by atoms with Crippen LogP contribution in [0, 0.1) is 0 Å². The maximum absolute atomic E-state index is 4.74. The SMILES string of the molecule is CC(C)NCc1csc(N2CCN(c3nccs3)CC2)n1. The first-order valence-electron chi connectivity index (χ1n) is 7.29. The number of hydrogen-bond acceptors (Lipinski definition) is 7. The molecule has 3 heterocycles. The molecule has 5 nitrogen and oxygen atoms in total. The molecule has 0 spiro atoms. The van der Waals surface area contributed by atoms with E-state index in [0.29, 0.717) is 6.04 Å². The lowest BCUT2D eigenvalue weighted by molar-refractivity contribution is 0.582. The molecule has 114 valence electrons. The molecule has 1 N–H and O–H groups in total. The van der Waals surface area contributed by atoms with Gasteiger partial charge in [0, 0.05) is 55.7 Å². The van der Waals surface area contributed by atoms with Gasteiger partial charge < -0.3 is 15.1 Å². The van der Waals surface area contributed by atoms with Crippen molar-refractivity contribution in [3.8, 4) is 0 Å². The van der Waals surface area contributed by atoms with Gasteiger partial charge >= 0.3 is 0 Å². The van der Waals surface area contributed by atoms with Crippen molar-refractivity contribution < 1.29 is 0 Å². The Bertz CT molecular complexity index is 543. The van der Waals surface area contributed by atoms with Crippen LogP contribution >= 0.6 is 22.7 Å². The Kier molecular flexibility index (Phi) is 4.72. The third-order valence-corrected chi connectivity index (χ3v) is 5.25. The number of piperazine rings is 1. The zero-order valence-corrected chi connectivity index (χ0v) is 14.1. The first kappa shape index (κ1) is 14.7. The van der Waals surface area contributed by atoms with Gasteiger partial charge in [-0.2, -0.15) is 0 Å². The molecule has 0 unspecified atom stereocenters. The Balaban J connectivity index is 1.54. The van der Waals surface area contributed by atoms with Crippen LogP contribution in [0.15, 0.2) is 17.0 Å². The molecule has 0 amide bonds.